The summed E-state index contributed by atoms with van der Waals surface area (Å²) in [6.45, 7) is 5.40. The van der Waals surface area contributed by atoms with Gasteiger partial charge in [0.25, 0.3) is 0 Å². The summed E-state index contributed by atoms with van der Waals surface area (Å²) in [5.41, 5.74) is 1.82. The summed E-state index contributed by atoms with van der Waals surface area (Å²) in [5.74, 6) is -1.21. The Bertz CT molecular complexity index is 1460. The summed E-state index contributed by atoms with van der Waals surface area (Å²) in [5, 5.41) is 12.7. The maximum atomic E-state index is 14.0. The zero-order valence-electron chi connectivity index (χ0n) is 22.9. The molecule has 40 heavy (non-hydrogen) atoms. The molecule has 0 bridgehead atoms. The van der Waals surface area contributed by atoms with Crippen LogP contribution in [0, 0.1) is 0 Å². The van der Waals surface area contributed by atoms with Crippen molar-refractivity contribution in [2.75, 3.05) is 4.90 Å². The molecule has 2 aliphatic rings. The zero-order chi connectivity index (χ0) is 28.7. The summed E-state index contributed by atoms with van der Waals surface area (Å²) >= 11 is 0. The minimum atomic E-state index is -1.26. The molecule has 8 heteroatoms. The van der Waals surface area contributed by atoms with E-state index in [1.54, 1.807) is 49.9 Å². The number of Topliss-reactive ketones (excluding diaryl/α,β-unsaturated/α-hetero) is 1. The fourth-order valence-electron chi connectivity index (χ4n) is 5.60. The predicted molar refractivity (Wildman–Crippen MR) is 152 cm³/mol. The molecule has 206 valence electrons. The topological polar surface area (TPSA) is 107 Å². The van der Waals surface area contributed by atoms with E-state index in [1.807, 2.05) is 54.6 Å². The SMILES string of the molecule is CC(C)(C)N(C(=O)O)C1(C(=O)N[C@@H]2CC(=O)c3ccccc3N(Cc3ccc(-c4ccccc4)cc3)C2=O)CC1. The molecule has 0 radical (unpaired) electrons. The monoisotopic (exact) mass is 539 g/mol. The van der Waals surface area contributed by atoms with Crippen molar-refractivity contribution < 1.29 is 24.3 Å². The number of benzene rings is 3. The van der Waals surface area contributed by atoms with Crippen LogP contribution in [0.5, 0.6) is 0 Å². The number of nitrogens with one attached hydrogen (secondary N) is 1. The predicted octanol–water partition coefficient (Wildman–Crippen LogP) is 5.27. The molecule has 8 nitrogen and oxygen atoms in total. The van der Waals surface area contributed by atoms with Crippen molar-refractivity contribution in [3.05, 3.63) is 90.0 Å². The third kappa shape index (κ3) is 5.09. The van der Waals surface area contributed by atoms with Gasteiger partial charge in [-0.1, -0.05) is 66.7 Å². The molecule has 0 saturated heterocycles. The average molecular weight is 540 g/mol. The number of carbonyl (C=O) groups excluding carboxylic acids is 3. The summed E-state index contributed by atoms with van der Waals surface area (Å²) in [6.07, 6.45) is -0.690. The lowest BCUT2D eigenvalue weighted by molar-refractivity contribution is -0.133. The maximum Gasteiger partial charge on any atom is 0.408 e. The van der Waals surface area contributed by atoms with Crippen molar-refractivity contribution in [2.24, 2.45) is 0 Å². The van der Waals surface area contributed by atoms with Crippen molar-refractivity contribution in [2.45, 2.75) is 63.7 Å². The van der Waals surface area contributed by atoms with E-state index in [0.717, 1.165) is 16.7 Å². The van der Waals surface area contributed by atoms with E-state index in [1.165, 1.54) is 4.90 Å². The van der Waals surface area contributed by atoms with Gasteiger partial charge in [-0.2, -0.15) is 0 Å². The molecule has 1 atom stereocenters. The van der Waals surface area contributed by atoms with Crippen LogP contribution in [0.4, 0.5) is 10.5 Å². The first-order valence-corrected chi connectivity index (χ1v) is 13.4. The van der Waals surface area contributed by atoms with Crippen LogP contribution in [0.25, 0.3) is 11.1 Å². The molecular weight excluding hydrogens is 506 g/mol. The van der Waals surface area contributed by atoms with Gasteiger partial charge >= 0.3 is 6.09 Å². The van der Waals surface area contributed by atoms with Gasteiger partial charge in [0, 0.05) is 17.5 Å². The smallest absolute Gasteiger partial charge is 0.408 e. The molecule has 1 aliphatic carbocycles. The lowest BCUT2D eigenvalue weighted by atomic mass is 10.0. The standard InChI is InChI=1S/C32H33N3O5/c1-31(2,3)35(30(39)40)32(17-18-32)29(38)33-25-19-27(36)24-11-7-8-12-26(24)34(28(25)37)20-21-13-15-23(16-14-21)22-9-5-4-6-10-22/h4-16,25H,17-20H2,1-3H3,(H,33,38)(H,39,40)/t25-/m1/s1. The van der Waals surface area contributed by atoms with Gasteiger partial charge in [-0.3, -0.25) is 19.3 Å². The highest BCUT2D eigenvalue weighted by molar-refractivity contribution is 6.13. The number of para-hydroxylation sites is 1. The second-order valence-corrected chi connectivity index (χ2v) is 11.5. The van der Waals surface area contributed by atoms with Crippen molar-refractivity contribution in [1.82, 2.24) is 10.2 Å². The Balaban J connectivity index is 1.43. The maximum absolute atomic E-state index is 14.0. The molecule has 1 saturated carbocycles. The molecule has 3 amide bonds. The van der Waals surface area contributed by atoms with E-state index in [9.17, 15) is 24.3 Å². The molecule has 3 aromatic carbocycles. The highest BCUT2D eigenvalue weighted by Gasteiger charge is 2.60. The number of carbonyl (C=O) groups is 4. The molecule has 2 N–H and O–H groups in total. The van der Waals surface area contributed by atoms with Crippen molar-refractivity contribution >= 4 is 29.4 Å². The van der Waals surface area contributed by atoms with E-state index in [0.29, 0.717) is 24.1 Å². The third-order valence-electron chi connectivity index (χ3n) is 7.59. The van der Waals surface area contributed by atoms with E-state index in [2.05, 4.69) is 5.32 Å². The van der Waals surface area contributed by atoms with Gasteiger partial charge in [0.1, 0.15) is 11.6 Å². The average Bonchev–Trinajstić information content (AvgIpc) is 3.72. The Kier molecular flexibility index (Phi) is 6.96. The van der Waals surface area contributed by atoms with E-state index in [4.69, 9.17) is 0 Å². The fraction of sp³-hybridized carbons (Fsp3) is 0.312. The number of amides is 3. The highest BCUT2D eigenvalue weighted by atomic mass is 16.4. The first-order chi connectivity index (χ1) is 19.0. The number of hydrogen-bond acceptors (Lipinski definition) is 4. The van der Waals surface area contributed by atoms with Gasteiger partial charge in [-0.25, -0.2) is 4.79 Å². The number of nitrogens with zero attached hydrogens (tertiary/aromatic N) is 2. The Labute approximate surface area is 233 Å². The van der Waals surface area contributed by atoms with Crippen molar-refractivity contribution in [3.63, 3.8) is 0 Å². The quantitative estimate of drug-likeness (QED) is 0.444. The molecule has 1 aliphatic heterocycles. The van der Waals surface area contributed by atoms with Crippen LogP contribution < -0.4 is 10.2 Å². The minimum Gasteiger partial charge on any atom is -0.465 e. The van der Waals surface area contributed by atoms with Crippen molar-refractivity contribution in [3.8, 4) is 11.1 Å². The Morgan fingerprint density at radius 2 is 1.52 bits per heavy atom. The summed E-state index contributed by atoms with van der Waals surface area (Å²) < 4.78 is 0. The Hall–Kier alpha value is -4.46. The number of rotatable bonds is 6. The summed E-state index contributed by atoms with van der Waals surface area (Å²) in [7, 11) is 0. The van der Waals surface area contributed by atoms with Crippen LogP contribution in [0.2, 0.25) is 0 Å². The minimum absolute atomic E-state index is 0.205. The molecule has 3 aromatic rings. The van der Waals surface area contributed by atoms with Crippen LogP contribution in [-0.4, -0.2) is 50.8 Å². The van der Waals surface area contributed by atoms with E-state index < -0.39 is 35.0 Å². The molecular formula is C32H33N3O5. The lowest BCUT2D eigenvalue weighted by Crippen LogP contribution is -2.61. The molecule has 5 rings (SSSR count). The van der Waals surface area contributed by atoms with Gasteiger partial charge in [-0.15, -0.1) is 0 Å². The first kappa shape index (κ1) is 27.1. The molecule has 0 aromatic heterocycles. The molecule has 0 unspecified atom stereocenters. The highest BCUT2D eigenvalue weighted by Crippen LogP contribution is 2.46. The van der Waals surface area contributed by atoms with Crippen LogP contribution in [0.15, 0.2) is 78.9 Å². The largest absolute Gasteiger partial charge is 0.465 e. The molecule has 1 fully saturated rings. The molecule has 0 spiro atoms. The number of anilines is 1. The Morgan fingerprint density at radius 1 is 0.925 bits per heavy atom. The number of fused-ring (bicyclic) bond motifs is 1. The van der Waals surface area contributed by atoms with Gasteiger partial charge in [0.05, 0.1) is 12.2 Å². The van der Waals surface area contributed by atoms with E-state index in [-0.39, 0.29) is 18.7 Å². The molecule has 1 heterocycles. The van der Waals surface area contributed by atoms with Crippen LogP contribution >= 0.6 is 0 Å². The number of hydrogen-bond donors (Lipinski definition) is 2. The van der Waals surface area contributed by atoms with Gasteiger partial charge in [0.2, 0.25) is 11.8 Å². The fourth-order valence-corrected chi connectivity index (χ4v) is 5.60. The third-order valence-corrected chi connectivity index (χ3v) is 7.59. The second-order valence-electron chi connectivity index (χ2n) is 11.5. The van der Waals surface area contributed by atoms with Gasteiger partial charge in [-0.05, 0) is 62.4 Å². The lowest BCUT2D eigenvalue weighted by Gasteiger charge is -2.39. The second kappa shape index (κ2) is 10.3. The summed E-state index contributed by atoms with van der Waals surface area (Å²) in [6, 6.07) is 23.7. The zero-order valence-corrected chi connectivity index (χ0v) is 22.9. The van der Waals surface area contributed by atoms with Gasteiger partial charge < -0.3 is 15.3 Å². The van der Waals surface area contributed by atoms with E-state index >= 15 is 0 Å². The van der Waals surface area contributed by atoms with Crippen LogP contribution in [0.1, 0.15) is 56.0 Å². The van der Waals surface area contributed by atoms with Gasteiger partial charge in [0.15, 0.2) is 5.78 Å². The van der Waals surface area contributed by atoms with Crippen molar-refractivity contribution in [1.29, 1.82) is 0 Å². The van der Waals surface area contributed by atoms with Crippen LogP contribution in [0.3, 0.4) is 0 Å². The number of ketones is 1. The number of carboxylic acid groups (broad SMARTS) is 1. The van der Waals surface area contributed by atoms with Crippen LogP contribution in [-0.2, 0) is 16.1 Å². The first-order valence-electron chi connectivity index (χ1n) is 13.4. The Morgan fingerprint density at radius 3 is 2.12 bits per heavy atom. The normalized spacial score (nSPS) is 18.0. The summed E-state index contributed by atoms with van der Waals surface area (Å²) in [4.78, 5) is 55.6.